The third-order valence-electron chi connectivity index (χ3n) is 4.86. The molecule has 228 valence electrons. The van der Waals surface area contributed by atoms with Gasteiger partial charge in [-0.2, -0.15) is 0 Å². The fourth-order valence-corrected chi connectivity index (χ4v) is 3.87. The highest BCUT2D eigenvalue weighted by Crippen LogP contribution is 2.14. The number of aliphatic hydroxyl groups excluding tert-OH is 1. The molecule has 0 aromatic heterocycles. The van der Waals surface area contributed by atoms with Crippen molar-refractivity contribution < 1.29 is 23.6 Å². The normalized spacial score (nSPS) is 12.7. The summed E-state index contributed by atoms with van der Waals surface area (Å²) in [6, 6.07) is 23.0. The quantitative estimate of drug-likeness (QED) is 0.267. The molecule has 0 spiro atoms. The monoisotopic (exact) mass is 847 g/mol. The molecule has 15 heteroatoms. The minimum Gasteiger partial charge on any atom is -0.476 e. The van der Waals surface area contributed by atoms with Gasteiger partial charge in [-0.1, -0.05) is 47.8 Å². The molecule has 0 radical (unpaired) electrons. The Morgan fingerprint density at radius 2 is 1.14 bits per heavy atom. The van der Waals surface area contributed by atoms with E-state index in [9.17, 15) is 4.79 Å². The van der Waals surface area contributed by atoms with Crippen LogP contribution in [-0.2, 0) is 18.7 Å². The largest absolute Gasteiger partial charge is 0.476 e. The number of aliphatic hydroxyl groups is 1. The van der Waals surface area contributed by atoms with E-state index in [1.807, 2.05) is 48.5 Å². The van der Waals surface area contributed by atoms with Gasteiger partial charge in [0.25, 0.3) is 5.91 Å². The fourth-order valence-electron chi connectivity index (χ4n) is 3.08. The number of carbonyl (C=O) groups excluding carboxylic acids is 1. The summed E-state index contributed by atoms with van der Waals surface area (Å²) in [5.74, 6) is 1.37. The standard InChI is InChI=1S/C9H10BrNO2.2C9H8BrNO.Cl2OS.ClH/c10-8-3-1-7(2-4-8)9(13)11-5-6-12;2*10-8-3-1-7(2-4-8)9-11-5-6-12-9;1-4(2)3;/h1-4,12H,5-6H2,(H,11,13);2*1-4H,5-6H2;;1H. The van der Waals surface area contributed by atoms with Crippen LogP contribution in [0.1, 0.15) is 21.5 Å². The van der Waals surface area contributed by atoms with Crippen LogP contribution >= 0.6 is 81.6 Å². The zero-order valence-corrected chi connectivity index (χ0v) is 29.8. The molecule has 42 heavy (non-hydrogen) atoms. The van der Waals surface area contributed by atoms with Crippen LogP contribution in [0.25, 0.3) is 0 Å². The number of nitrogens with one attached hydrogen (secondary N) is 1. The first-order valence-corrected chi connectivity index (χ1v) is 17.1. The second-order valence-electron chi connectivity index (χ2n) is 7.76. The molecule has 0 bridgehead atoms. The Morgan fingerprint density at radius 1 is 0.786 bits per heavy atom. The Bertz CT molecular complexity index is 1250. The third-order valence-corrected chi connectivity index (χ3v) is 6.44. The molecule has 0 saturated carbocycles. The first-order chi connectivity index (χ1) is 19.7. The van der Waals surface area contributed by atoms with Gasteiger partial charge in [-0.3, -0.25) is 4.79 Å². The summed E-state index contributed by atoms with van der Waals surface area (Å²) in [5, 5.41) is 11.0. The molecule has 2 aliphatic rings. The number of hydrogen-bond donors (Lipinski definition) is 2. The van der Waals surface area contributed by atoms with Gasteiger partial charge in [0, 0.05) is 58.0 Å². The van der Waals surface area contributed by atoms with Crippen LogP contribution in [0.3, 0.4) is 0 Å². The van der Waals surface area contributed by atoms with E-state index in [0.29, 0.717) is 18.8 Å². The number of ether oxygens (including phenoxy) is 2. The molecule has 8 nitrogen and oxygen atoms in total. The van der Waals surface area contributed by atoms with Gasteiger partial charge in [0.2, 0.25) is 21.0 Å². The fraction of sp³-hybridized carbons (Fsp3) is 0.222. The Hall–Kier alpha value is -1.51. The summed E-state index contributed by atoms with van der Waals surface area (Å²) < 4.78 is 22.8. The van der Waals surface area contributed by atoms with Crippen molar-refractivity contribution in [3.8, 4) is 0 Å². The van der Waals surface area contributed by atoms with Crippen LogP contribution in [0.5, 0.6) is 0 Å². The Kier molecular flexibility index (Phi) is 20.2. The molecule has 2 N–H and O–H groups in total. The Balaban J connectivity index is 0.000000293. The average molecular weight is 852 g/mol. The molecule has 2 heterocycles. The number of aliphatic imine (C=N–C) groups is 2. The van der Waals surface area contributed by atoms with E-state index in [1.54, 1.807) is 24.3 Å². The lowest BCUT2D eigenvalue weighted by Gasteiger charge is -2.02. The zero-order valence-electron chi connectivity index (χ0n) is 21.9. The van der Waals surface area contributed by atoms with E-state index < -0.39 is 9.23 Å². The summed E-state index contributed by atoms with van der Waals surface area (Å²) in [6.45, 7) is 3.24. The molecule has 1 amide bonds. The van der Waals surface area contributed by atoms with Crippen molar-refractivity contribution in [1.82, 2.24) is 5.32 Å². The van der Waals surface area contributed by atoms with Crippen molar-refractivity contribution in [2.75, 3.05) is 39.5 Å². The van der Waals surface area contributed by atoms with Crippen molar-refractivity contribution in [3.05, 3.63) is 103 Å². The molecule has 3 aromatic rings. The van der Waals surface area contributed by atoms with Crippen molar-refractivity contribution in [2.24, 2.45) is 9.98 Å². The van der Waals surface area contributed by atoms with E-state index in [4.69, 9.17) is 18.8 Å². The maximum Gasteiger partial charge on any atom is 0.251 e. The number of carbonyl (C=O) groups is 1. The zero-order chi connectivity index (χ0) is 30.0. The van der Waals surface area contributed by atoms with Gasteiger partial charge in [0.1, 0.15) is 13.2 Å². The van der Waals surface area contributed by atoms with E-state index in [0.717, 1.165) is 49.4 Å². The molecule has 2 aliphatic heterocycles. The minimum atomic E-state index is -1.67. The van der Waals surface area contributed by atoms with E-state index in [2.05, 4.69) is 84.5 Å². The SMILES string of the molecule is Brc1ccc(C2=NCCO2)cc1.Brc1ccc(C2=NCCO2)cc1.Cl.O=C(NCCO)c1ccc(Br)cc1.O=S(Cl)Cl. The van der Waals surface area contributed by atoms with Gasteiger partial charge in [-0.05, 0) is 72.8 Å². The summed E-state index contributed by atoms with van der Waals surface area (Å²) in [4.78, 5) is 19.7. The topological polar surface area (TPSA) is 110 Å². The molecule has 0 fully saturated rings. The molecule has 0 saturated heterocycles. The van der Waals surface area contributed by atoms with Gasteiger partial charge in [0.05, 0.1) is 19.7 Å². The van der Waals surface area contributed by atoms with Crippen LogP contribution in [0.15, 0.2) is 96.2 Å². The lowest BCUT2D eigenvalue weighted by atomic mass is 10.2. The van der Waals surface area contributed by atoms with Gasteiger partial charge >= 0.3 is 0 Å². The second kappa shape index (κ2) is 22.1. The molecule has 0 aliphatic carbocycles. The second-order valence-corrected chi connectivity index (χ2v) is 13.0. The van der Waals surface area contributed by atoms with Gasteiger partial charge in [-0.25, -0.2) is 14.2 Å². The molecular weight excluding hydrogens is 824 g/mol. The van der Waals surface area contributed by atoms with Crippen LogP contribution in [-0.4, -0.2) is 66.5 Å². The Labute approximate surface area is 287 Å². The predicted octanol–water partition coefficient (Wildman–Crippen LogP) is 7.09. The number of nitrogens with zero attached hydrogens (tertiary/aromatic N) is 2. The highest BCUT2D eigenvalue weighted by atomic mass is 79.9. The third kappa shape index (κ3) is 15.8. The number of amides is 1. The lowest BCUT2D eigenvalue weighted by Crippen LogP contribution is -2.26. The Morgan fingerprint density at radius 3 is 1.45 bits per heavy atom. The summed E-state index contributed by atoms with van der Waals surface area (Å²) >= 11 is 10.0. The van der Waals surface area contributed by atoms with Gasteiger partial charge in [-0.15, -0.1) is 12.4 Å². The molecule has 0 unspecified atom stereocenters. The smallest absolute Gasteiger partial charge is 0.251 e. The van der Waals surface area contributed by atoms with Crippen LogP contribution < -0.4 is 5.32 Å². The maximum absolute atomic E-state index is 11.3. The maximum atomic E-state index is 11.3. The molecule has 3 aromatic carbocycles. The van der Waals surface area contributed by atoms with Gasteiger partial charge < -0.3 is 19.9 Å². The van der Waals surface area contributed by atoms with Crippen molar-refractivity contribution >= 4 is 108 Å². The van der Waals surface area contributed by atoms with Crippen molar-refractivity contribution in [1.29, 1.82) is 0 Å². The lowest BCUT2D eigenvalue weighted by molar-refractivity contribution is 0.0944. The molecular formula is C27H27Br3Cl3N3O5S. The van der Waals surface area contributed by atoms with E-state index in [1.165, 1.54) is 0 Å². The number of benzene rings is 3. The summed E-state index contributed by atoms with van der Waals surface area (Å²) in [6.07, 6.45) is 0. The number of rotatable bonds is 5. The molecule has 0 atom stereocenters. The predicted molar refractivity (Wildman–Crippen MR) is 184 cm³/mol. The van der Waals surface area contributed by atoms with Crippen LogP contribution in [0, 0.1) is 0 Å². The van der Waals surface area contributed by atoms with Crippen LogP contribution in [0.2, 0.25) is 0 Å². The van der Waals surface area contributed by atoms with E-state index >= 15 is 0 Å². The first-order valence-electron chi connectivity index (χ1n) is 11.9. The highest BCUT2D eigenvalue weighted by molar-refractivity contribution is 9.11. The summed E-state index contributed by atoms with van der Waals surface area (Å²) in [7, 11) is 7.36. The van der Waals surface area contributed by atoms with E-state index in [-0.39, 0.29) is 31.5 Å². The number of halogens is 6. The van der Waals surface area contributed by atoms with Gasteiger partial charge in [0.15, 0.2) is 0 Å². The highest BCUT2D eigenvalue weighted by Gasteiger charge is 2.10. The number of hydrogen-bond acceptors (Lipinski definition) is 7. The minimum absolute atomic E-state index is 0. The van der Waals surface area contributed by atoms with Crippen molar-refractivity contribution in [2.45, 2.75) is 0 Å². The summed E-state index contributed by atoms with van der Waals surface area (Å²) in [5.41, 5.74) is 2.70. The first kappa shape index (κ1) is 38.5. The van der Waals surface area contributed by atoms with Crippen molar-refractivity contribution in [3.63, 3.8) is 0 Å². The average Bonchev–Trinajstić information content (AvgIpc) is 3.69. The van der Waals surface area contributed by atoms with Crippen LogP contribution in [0.4, 0.5) is 0 Å². The molecule has 5 rings (SSSR count).